The number of hydrogen-bond acceptors (Lipinski definition) is 3. The molecule has 0 aliphatic rings. The first-order valence-electron chi connectivity index (χ1n) is 8.07. The van der Waals surface area contributed by atoms with E-state index in [1.807, 2.05) is 5.32 Å². The van der Waals surface area contributed by atoms with Crippen molar-refractivity contribution < 1.29 is 53.8 Å². The summed E-state index contributed by atoms with van der Waals surface area (Å²) in [5.74, 6) is -8.19. The maximum absolute atomic E-state index is 13.6. The van der Waals surface area contributed by atoms with Crippen molar-refractivity contribution >= 4 is 40.8 Å². The molecule has 0 saturated carbocycles. The molecule has 2 aromatic carbocycles. The summed E-state index contributed by atoms with van der Waals surface area (Å²) in [4.78, 5) is 23.7. The van der Waals surface area contributed by atoms with E-state index in [4.69, 9.17) is 23.2 Å². The molecule has 180 valence electrons. The predicted molar refractivity (Wildman–Crippen MR) is 95.8 cm³/mol. The fourth-order valence-electron chi connectivity index (χ4n) is 2.12. The minimum atomic E-state index is -5.96. The van der Waals surface area contributed by atoms with Crippen molar-refractivity contribution in [3.8, 4) is 5.75 Å². The van der Waals surface area contributed by atoms with Crippen molar-refractivity contribution in [3.63, 3.8) is 0 Å². The lowest BCUT2D eigenvalue weighted by molar-refractivity contribution is -0.304. The molecule has 0 bridgehead atoms. The molecule has 33 heavy (non-hydrogen) atoms. The lowest BCUT2D eigenvalue weighted by Gasteiger charge is -2.24. The van der Waals surface area contributed by atoms with Gasteiger partial charge in [0.2, 0.25) is 0 Å². The van der Waals surface area contributed by atoms with E-state index in [1.54, 1.807) is 0 Å². The quantitative estimate of drug-likeness (QED) is 0.356. The van der Waals surface area contributed by atoms with Gasteiger partial charge in [-0.2, -0.15) is 22.0 Å². The number of alkyl halides is 6. The Morgan fingerprint density at radius 3 is 2.12 bits per heavy atom. The highest BCUT2D eigenvalue weighted by atomic mass is 35.5. The maximum Gasteiger partial charge on any atom is 0.439 e. The Balaban J connectivity index is 2.16. The largest absolute Gasteiger partial charge is 0.439 e. The Morgan fingerprint density at radius 1 is 0.939 bits per heavy atom. The van der Waals surface area contributed by atoms with Crippen LogP contribution in [0.25, 0.3) is 0 Å². The van der Waals surface area contributed by atoms with E-state index in [0.717, 1.165) is 0 Å². The summed E-state index contributed by atoms with van der Waals surface area (Å²) in [5, 5.41) is 1.85. The third kappa shape index (κ3) is 6.13. The van der Waals surface area contributed by atoms with Crippen LogP contribution in [0.15, 0.2) is 24.3 Å². The number of carbonyl (C=O) groups is 2. The second-order valence-electron chi connectivity index (χ2n) is 5.96. The van der Waals surface area contributed by atoms with Crippen molar-refractivity contribution in [1.82, 2.24) is 5.32 Å². The molecular formula is C17H7Cl2F9N2O3. The summed E-state index contributed by atoms with van der Waals surface area (Å²) in [6, 6.07) is 0.510. The van der Waals surface area contributed by atoms with Gasteiger partial charge in [-0.1, -0.05) is 23.2 Å². The highest BCUT2D eigenvalue weighted by Gasteiger charge is 2.59. The summed E-state index contributed by atoms with van der Waals surface area (Å²) < 4.78 is 120. The zero-order valence-corrected chi connectivity index (χ0v) is 16.8. The number of hydrogen-bond donors (Lipinski definition) is 2. The fraction of sp³-hybridized carbons (Fsp3) is 0.176. The van der Waals surface area contributed by atoms with Gasteiger partial charge in [0.25, 0.3) is 12.1 Å². The first-order chi connectivity index (χ1) is 15.0. The van der Waals surface area contributed by atoms with Crippen molar-refractivity contribution in [2.24, 2.45) is 0 Å². The van der Waals surface area contributed by atoms with E-state index in [1.165, 1.54) is 5.32 Å². The molecule has 1 unspecified atom stereocenters. The van der Waals surface area contributed by atoms with E-state index >= 15 is 0 Å². The van der Waals surface area contributed by atoms with Gasteiger partial charge >= 0.3 is 18.3 Å². The van der Waals surface area contributed by atoms with Crippen LogP contribution in [-0.2, 0) is 0 Å². The number of urea groups is 1. The molecule has 0 aromatic heterocycles. The average Bonchev–Trinajstić information content (AvgIpc) is 2.68. The Kier molecular flexibility index (Phi) is 7.63. The van der Waals surface area contributed by atoms with E-state index in [-0.39, 0.29) is 0 Å². The Hall–Kier alpha value is -2.87. The second-order valence-corrected chi connectivity index (χ2v) is 6.78. The summed E-state index contributed by atoms with van der Waals surface area (Å²) in [6.07, 6.45) is -16.1. The number of anilines is 1. The molecular weight excluding hydrogens is 522 g/mol. The van der Waals surface area contributed by atoms with Gasteiger partial charge < -0.3 is 10.1 Å². The van der Waals surface area contributed by atoms with Crippen LogP contribution in [0.2, 0.25) is 10.0 Å². The summed E-state index contributed by atoms with van der Waals surface area (Å²) in [7, 11) is 0. The van der Waals surface area contributed by atoms with Crippen LogP contribution in [0, 0.1) is 17.5 Å². The normalized spacial score (nSPS) is 12.8. The first kappa shape index (κ1) is 26.4. The van der Waals surface area contributed by atoms with E-state index < -0.39 is 74.9 Å². The van der Waals surface area contributed by atoms with Crippen molar-refractivity contribution in [3.05, 3.63) is 57.3 Å². The van der Waals surface area contributed by atoms with Crippen molar-refractivity contribution in [1.29, 1.82) is 0 Å². The van der Waals surface area contributed by atoms with Crippen LogP contribution in [-0.4, -0.2) is 30.4 Å². The number of imide groups is 1. The van der Waals surface area contributed by atoms with E-state index in [2.05, 4.69) is 4.74 Å². The topological polar surface area (TPSA) is 67.4 Å². The molecule has 0 radical (unpaired) electrons. The summed E-state index contributed by atoms with van der Waals surface area (Å²) in [5.41, 5.74) is -1.56. The fourth-order valence-corrected chi connectivity index (χ4v) is 2.52. The Bertz CT molecular complexity index is 1100. The van der Waals surface area contributed by atoms with Crippen LogP contribution >= 0.6 is 23.2 Å². The number of amides is 3. The Morgan fingerprint density at radius 2 is 1.55 bits per heavy atom. The molecule has 5 nitrogen and oxygen atoms in total. The monoisotopic (exact) mass is 528 g/mol. The van der Waals surface area contributed by atoms with Gasteiger partial charge in [-0.3, -0.25) is 10.1 Å². The van der Waals surface area contributed by atoms with Crippen LogP contribution in [0.1, 0.15) is 10.4 Å². The average molecular weight is 529 g/mol. The number of carbonyl (C=O) groups excluding carboxylic acids is 2. The zero-order valence-electron chi connectivity index (χ0n) is 15.3. The third-order valence-corrected chi connectivity index (χ3v) is 4.21. The van der Waals surface area contributed by atoms with Crippen molar-refractivity contribution in [2.45, 2.75) is 18.5 Å². The van der Waals surface area contributed by atoms with Gasteiger partial charge in [0.05, 0.1) is 21.3 Å². The minimum absolute atomic E-state index is 0.410. The third-order valence-electron chi connectivity index (χ3n) is 3.61. The molecule has 2 N–H and O–H groups in total. The smallest absolute Gasteiger partial charge is 0.428 e. The zero-order chi connectivity index (χ0) is 25.3. The SMILES string of the molecule is O=C(NC(=O)c1ccc(F)c(F)c1F)Nc1cc(Cl)c(OC(F)(F)C(F)C(F)(F)F)cc1Cl. The van der Waals surface area contributed by atoms with Gasteiger partial charge in [-0.25, -0.2) is 22.4 Å². The maximum atomic E-state index is 13.6. The van der Waals surface area contributed by atoms with Crippen LogP contribution in [0.4, 0.5) is 50.0 Å². The van der Waals surface area contributed by atoms with Crippen LogP contribution in [0.5, 0.6) is 5.75 Å². The highest BCUT2D eigenvalue weighted by molar-refractivity contribution is 6.36. The van der Waals surface area contributed by atoms with E-state index in [9.17, 15) is 49.1 Å². The van der Waals surface area contributed by atoms with Crippen molar-refractivity contribution in [2.75, 3.05) is 5.32 Å². The minimum Gasteiger partial charge on any atom is -0.428 e. The lowest BCUT2D eigenvalue weighted by Crippen LogP contribution is -2.45. The summed E-state index contributed by atoms with van der Waals surface area (Å²) >= 11 is 11.3. The number of benzene rings is 2. The van der Waals surface area contributed by atoms with Crippen LogP contribution < -0.4 is 15.4 Å². The van der Waals surface area contributed by atoms with Gasteiger partial charge in [-0.05, 0) is 18.2 Å². The lowest BCUT2D eigenvalue weighted by atomic mass is 10.2. The molecule has 16 heteroatoms. The van der Waals surface area contributed by atoms with Crippen LogP contribution in [0.3, 0.4) is 0 Å². The van der Waals surface area contributed by atoms with Gasteiger partial charge in [-0.15, -0.1) is 0 Å². The first-order valence-corrected chi connectivity index (χ1v) is 8.82. The van der Waals surface area contributed by atoms with E-state index in [0.29, 0.717) is 24.3 Å². The molecule has 0 saturated heterocycles. The second kappa shape index (κ2) is 9.55. The Labute approximate surface area is 187 Å². The highest BCUT2D eigenvalue weighted by Crippen LogP contribution is 2.41. The molecule has 0 fully saturated rings. The number of nitrogens with one attached hydrogen (secondary N) is 2. The molecule has 0 aliphatic carbocycles. The molecule has 0 heterocycles. The van der Waals surface area contributed by atoms with Gasteiger partial charge in [0, 0.05) is 6.07 Å². The molecule has 1 atom stereocenters. The molecule has 2 aromatic rings. The van der Waals surface area contributed by atoms with Gasteiger partial charge in [0.1, 0.15) is 5.75 Å². The van der Waals surface area contributed by atoms with Gasteiger partial charge in [0.15, 0.2) is 17.5 Å². The molecule has 0 spiro atoms. The number of ether oxygens (including phenoxy) is 1. The molecule has 2 rings (SSSR count). The standard InChI is InChI=1S/C17H7Cl2F9N2O3/c18-6-4-10(33-17(27,28)14(23)16(24,25)26)7(19)3-9(6)29-15(32)30-13(31)5-1-2-8(20)12(22)11(5)21/h1-4,14H,(H2,29,30,31,32). The molecule has 0 aliphatic heterocycles. The predicted octanol–water partition coefficient (Wildman–Crippen LogP) is 6.24. The summed E-state index contributed by atoms with van der Waals surface area (Å²) in [6.45, 7) is 0. The molecule has 3 amide bonds. The number of halogens is 11. The number of rotatable bonds is 5.